The lowest BCUT2D eigenvalue weighted by atomic mass is 9.33. The second kappa shape index (κ2) is 20.5. The molecule has 4 nitrogen and oxygen atoms in total. The summed E-state index contributed by atoms with van der Waals surface area (Å²) >= 11 is 0. The number of fused-ring (bicyclic) bond motifs is 10. The molecule has 0 spiro atoms. The van der Waals surface area contributed by atoms with E-state index in [1.807, 2.05) is 210 Å². The van der Waals surface area contributed by atoms with Gasteiger partial charge in [-0.15, -0.1) is 0 Å². The highest BCUT2D eigenvalue weighted by Gasteiger charge is 2.46. The molecule has 0 bridgehead atoms. The normalized spacial score (nSPS) is 15.7. The van der Waals surface area contributed by atoms with Crippen molar-refractivity contribution in [3.8, 4) is 67.0 Å². The van der Waals surface area contributed by atoms with E-state index < -0.39 is 150 Å². The van der Waals surface area contributed by atoms with Crippen LogP contribution in [0.3, 0.4) is 0 Å². The molecule has 0 N–H and O–H groups in total. The lowest BCUT2D eigenvalue weighted by molar-refractivity contribution is 1.17. The number of hydrogen-bond donors (Lipinski definition) is 0. The fourth-order valence-electron chi connectivity index (χ4n) is 13.4. The fraction of sp³-hybridized carbons (Fsp3) is 0. The molecule has 0 fully saturated rings. The average Bonchev–Trinajstić information content (AvgIpc) is 0.936. The maximum absolute atomic E-state index is 11.5. The zero-order chi connectivity index (χ0) is 76.8. The molecule has 0 aliphatic carbocycles. The molecule has 414 valence electrons. The van der Waals surface area contributed by atoms with Gasteiger partial charge in [0.15, 0.2) is 0 Å². The molecule has 14 aromatic carbocycles. The van der Waals surface area contributed by atoms with Crippen molar-refractivity contribution in [3.63, 3.8) is 0 Å². The van der Waals surface area contributed by atoms with E-state index >= 15 is 0 Å². The van der Waals surface area contributed by atoms with Gasteiger partial charge >= 0.3 is 0 Å². The smallest absolute Gasteiger partial charge is 0.252 e. The van der Waals surface area contributed by atoms with E-state index in [1.54, 1.807) is 6.07 Å². The van der Waals surface area contributed by atoms with Crippen LogP contribution in [-0.4, -0.2) is 15.8 Å². The number of rotatable bonds is 9. The standard InChI is InChI=1S/C84H55BN4/c1-6-26-56(27-7-1)61-52-80-82-81(53-61)89(84-66(59-32-12-4-13-33-59)42-25-43-67(84)60-34-14-5-15-35-60)79-55-63(87-76-46-22-18-38-70(76)71-39-19-23-47-77(71)87)49-51-73(79)85(82)72-50-48-62(86-74-44-20-16-36-68(74)69-37-17-21-45-75(69)86)54-78(72)88(80)83-64(57-28-8-2-9-29-57)40-24-41-65(83)58-30-10-3-11-31-58/h1-55H/i16D,17D,18D,19D,20D,21D,22D,23D,36D,37D,38D,39D,44D,45D,46D,47D,48D,49D,50D,51D,54D. The minimum Gasteiger partial charge on any atom is -0.310 e. The molecule has 5 heteroatoms. The fourth-order valence-corrected chi connectivity index (χ4v) is 13.4. The first-order valence-electron chi connectivity index (χ1n) is 39.6. The van der Waals surface area contributed by atoms with E-state index in [0.717, 1.165) is 15.7 Å². The Morgan fingerprint density at radius 2 is 0.607 bits per heavy atom. The Hall–Kier alpha value is -11.7. The van der Waals surface area contributed by atoms with Gasteiger partial charge in [-0.1, -0.05) is 273 Å². The Morgan fingerprint density at radius 3 is 1.01 bits per heavy atom. The summed E-state index contributed by atoms with van der Waals surface area (Å²) in [7, 11) is 0. The third kappa shape index (κ3) is 7.95. The van der Waals surface area contributed by atoms with Crippen LogP contribution in [0.15, 0.2) is 333 Å². The van der Waals surface area contributed by atoms with Crippen LogP contribution < -0.4 is 26.2 Å². The monoisotopic (exact) mass is 1150 g/mol. The summed E-state index contributed by atoms with van der Waals surface area (Å²) in [5.74, 6) is 0. The summed E-state index contributed by atoms with van der Waals surface area (Å²) in [6.07, 6.45) is 0. The van der Waals surface area contributed by atoms with E-state index in [0.29, 0.717) is 72.7 Å². The molecule has 0 radical (unpaired) electrons. The van der Waals surface area contributed by atoms with Crippen LogP contribution in [0.1, 0.15) is 28.8 Å². The average molecular weight is 1150 g/mol. The molecule has 0 unspecified atom stereocenters. The predicted octanol–water partition coefficient (Wildman–Crippen LogP) is 20.3. The first kappa shape index (κ1) is 33.9. The molecule has 89 heavy (non-hydrogen) atoms. The highest BCUT2D eigenvalue weighted by molar-refractivity contribution is 7.00. The highest BCUT2D eigenvalue weighted by atomic mass is 15.2. The van der Waals surface area contributed by atoms with Crippen molar-refractivity contribution in [2.24, 2.45) is 0 Å². The van der Waals surface area contributed by atoms with Gasteiger partial charge in [0, 0.05) is 77.9 Å². The highest BCUT2D eigenvalue weighted by Crippen LogP contribution is 2.54. The summed E-state index contributed by atoms with van der Waals surface area (Å²) in [4.78, 5) is 3.84. The van der Waals surface area contributed by atoms with Gasteiger partial charge in [-0.05, 0) is 110 Å². The van der Waals surface area contributed by atoms with Gasteiger partial charge in [0.05, 0.1) is 62.2 Å². The van der Waals surface area contributed by atoms with Crippen molar-refractivity contribution >= 4 is 101 Å². The second-order valence-corrected chi connectivity index (χ2v) is 21.9. The van der Waals surface area contributed by atoms with Crippen LogP contribution >= 0.6 is 0 Å². The second-order valence-electron chi connectivity index (χ2n) is 21.9. The molecule has 16 aromatic rings. The summed E-state index contributed by atoms with van der Waals surface area (Å²) in [6.45, 7) is -1.50. The van der Waals surface area contributed by atoms with Crippen LogP contribution in [-0.2, 0) is 0 Å². The molecular formula is C84H55BN4. The van der Waals surface area contributed by atoms with Crippen LogP contribution in [0.25, 0.3) is 111 Å². The van der Waals surface area contributed by atoms with Crippen LogP contribution in [0.2, 0.25) is 0 Å². The first-order chi connectivity index (χ1) is 53.0. The number of anilines is 6. The summed E-state index contributed by atoms with van der Waals surface area (Å²) < 4.78 is 208. The molecule has 0 saturated carbocycles. The Morgan fingerprint density at radius 1 is 0.270 bits per heavy atom. The van der Waals surface area contributed by atoms with Crippen molar-refractivity contribution in [2.45, 2.75) is 0 Å². The van der Waals surface area contributed by atoms with Gasteiger partial charge in [0.2, 0.25) is 0 Å². The lowest BCUT2D eigenvalue weighted by Crippen LogP contribution is -2.61. The van der Waals surface area contributed by atoms with E-state index in [9.17, 15) is 23.3 Å². The van der Waals surface area contributed by atoms with Gasteiger partial charge in [0.1, 0.15) is 0 Å². The third-order valence-electron chi connectivity index (χ3n) is 17.1. The quantitative estimate of drug-likeness (QED) is 0.134. The molecular weight excluding hydrogens is 1080 g/mol. The molecule has 18 rings (SSSR count). The summed E-state index contributed by atoms with van der Waals surface area (Å²) in [5, 5.41) is -1.22. The van der Waals surface area contributed by atoms with Gasteiger partial charge in [0.25, 0.3) is 6.71 Å². The van der Waals surface area contributed by atoms with Crippen molar-refractivity contribution in [3.05, 3.63) is 333 Å². The number of nitrogens with zero attached hydrogens (tertiary/aromatic N) is 4. The molecule has 2 aliphatic rings. The van der Waals surface area contributed by atoms with E-state index in [2.05, 4.69) is 0 Å². The third-order valence-corrected chi connectivity index (χ3v) is 17.1. The minimum absolute atomic E-state index is 0.00656. The SMILES string of the molecule is [2H]c1c(-n2c3c([2H])c([2H])c([2H])c([2H])c3c3c([2H])c([2H])c([2H])c([2H])c32)cc2c(c1[2H])B1c3c(cc(-c4ccccc4)cc3N(c3c(-c4ccccc4)cccc3-c3ccccc3)c3c([2H])c(-n4c5c([2H])c([2H])c([2H])c([2H])c5c5c([2H])c([2H])c([2H])c([2H])c54)c([2H])c([2H])c31)N2c1c(-c2ccccc2)cccc1-c1ccccc1. The van der Waals surface area contributed by atoms with Crippen molar-refractivity contribution in [2.75, 3.05) is 9.80 Å². The Labute approximate surface area is 546 Å². The van der Waals surface area contributed by atoms with Crippen molar-refractivity contribution in [1.29, 1.82) is 0 Å². The maximum atomic E-state index is 11.5. The molecule has 0 saturated heterocycles. The van der Waals surface area contributed by atoms with Crippen LogP contribution in [0.5, 0.6) is 0 Å². The maximum Gasteiger partial charge on any atom is 0.252 e. The zero-order valence-electron chi connectivity index (χ0n) is 68.0. The van der Waals surface area contributed by atoms with E-state index in [1.165, 1.54) is 4.57 Å². The Bertz CT molecular complexity index is 6470. The van der Waals surface area contributed by atoms with Crippen LogP contribution in [0, 0.1) is 0 Å². The predicted molar refractivity (Wildman–Crippen MR) is 376 cm³/mol. The number of hydrogen-bond acceptors (Lipinski definition) is 2. The summed E-state index contributed by atoms with van der Waals surface area (Å²) in [5.41, 5.74) is 6.26. The summed E-state index contributed by atoms with van der Waals surface area (Å²) in [6, 6.07) is 50.6. The number of aromatic nitrogens is 2. The molecule has 0 amide bonds. The van der Waals surface area contributed by atoms with Gasteiger partial charge in [-0.2, -0.15) is 0 Å². The Kier molecular flexibility index (Phi) is 7.81. The van der Waals surface area contributed by atoms with E-state index in [4.69, 9.17) is 5.48 Å². The van der Waals surface area contributed by atoms with Gasteiger partial charge in [-0.3, -0.25) is 0 Å². The lowest BCUT2D eigenvalue weighted by Gasteiger charge is -2.46. The van der Waals surface area contributed by atoms with Crippen LogP contribution in [0.4, 0.5) is 34.1 Å². The Balaban J connectivity index is 1.10. The molecule has 0 atom stereocenters. The molecule has 2 aliphatic heterocycles. The molecule has 2 aromatic heterocycles. The van der Waals surface area contributed by atoms with E-state index in [-0.39, 0.29) is 60.6 Å². The first-order valence-corrected chi connectivity index (χ1v) is 29.1. The van der Waals surface area contributed by atoms with Gasteiger partial charge < -0.3 is 18.9 Å². The molecule has 4 heterocycles. The van der Waals surface area contributed by atoms with Gasteiger partial charge in [-0.25, -0.2) is 0 Å². The van der Waals surface area contributed by atoms with Crippen molar-refractivity contribution in [1.82, 2.24) is 9.13 Å². The number of benzene rings is 14. The minimum atomic E-state index is -1.50. The largest absolute Gasteiger partial charge is 0.310 e. The topological polar surface area (TPSA) is 16.3 Å². The van der Waals surface area contributed by atoms with Crippen molar-refractivity contribution < 1.29 is 28.8 Å². The number of para-hydroxylation sites is 6. The zero-order valence-corrected chi connectivity index (χ0v) is 47.0.